The molecular weight excluding hydrogens is 1080 g/mol. The molecule has 0 radical (unpaired) electrons. The average molecular weight is 1140 g/mol. The van der Waals surface area contributed by atoms with E-state index in [1.54, 1.807) is 18.2 Å². The van der Waals surface area contributed by atoms with Crippen LogP contribution in [0.5, 0.6) is 0 Å². The molecule has 6 aliphatic heterocycles. The number of amides is 4. The Labute approximate surface area is 493 Å². The van der Waals surface area contributed by atoms with Gasteiger partial charge in [0.2, 0.25) is 0 Å². The van der Waals surface area contributed by atoms with Gasteiger partial charge >= 0.3 is 0 Å². The Morgan fingerprint density at radius 2 is 0.640 bits per heavy atom. The van der Waals surface area contributed by atoms with Gasteiger partial charge in [-0.15, -0.1) is 0 Å². The molecule has 12 aromatic carbocycles. The number of carbonyl (C=O) groups is 4. The van der Waals surface area contributed by atoms with Gasteiger partial charge in [0.15, 0.2) is 6.23 Å². The van der Waals surface area contributed by atoms with Gasteiger partial charge in [-0.1, -0.05) is 194 Å². The molecule has 0 aromatic heterocycles. The van der Waals surface area contributed by atoms with Crippen LogP contribution in [0.1, 0.15) is 111 Å². The first-order chi connectivity index (χ1) is 42.0. The minimum absolute atomic E-state index is 0.0364. The van der Waals surface area contributed by atoms with E-state index in [1.165, 1.54) is 43.8 Å². The van der Waals surface area contributed by atoms with Gasteiger partial charge in [-0.3, -0.25) is 35.1 Å². The summed E-state index contributed by atoms with van der Waals surface area (Å²) in [6.45, 7) is 3.41. The third kappa shape index (κ3) is 10.5. The van der Waals surface area contributed by atoms with E-state index < -0.39 is 24.9 Å². The zero-order valence-corrected chi connectivity index (χ0v) is 46.3. The number of carbonyl (C=O) groups excluding carboxylic acids is 4. The van der Waals surface area contributed by atoms with Crippen LogP contribution in [0.15, 0.2) is 218 Å². The lowest BCUT2D eigenvalue weighted by Gasteiger charge is -2.27. The number of aliphatic hydroxyl groups excluding tert-OH is 4. The number of hydrogen-bond donors (Lipinski definition) is 10. The first-order valence-corrected chi connectivity index (χ1v) is 28.4. The van der Waals surface area contributed by atoms with Crippen LogP contribution < -0.4 is 31.9 Å². The van der Waals surface area contributed by atoms with Crippen LogP contribution in [0.4, 0.5) is 0 Å². The Hall–Kier alpha value is -10.0. The van der Waals surface area contributed by atoms with Crippen LogP contribution in [-0.2, 0) is 26.2 Å². The van der Waals surface area contributed by atoms with Crippen LogP contribution in [0.2, 0.25) is 0 Å². The molecule has 4 amide bonds. The molecule has 0 spiro atoms. The van der Waals surface area contributed by atoms with Gasteiger partial charge in [-0.25, -0.2) is 0 Å². The fourth-order valence-corrected chi connectivity index (χ4v) is 12.5. The van der Waals surface area contributed by atoms with E-state index in [0.29, 0.717) is 23.2 Å². The molecule has 0 aliphatic carbocycles. The quantitative estimate of drug-likeness (QED) is 0.0644. The van der Waals surface area contributed by atoms with E-state index in [2.05, 4.69) is 98.6 Å². The summed E-state index contributed by atoms with van der Waals surface area (Å²) >= 11 is 0. The second-order valence-electron chi connectivity index (χ2n) is 21.6. The second-order valence-corrected chi connectivity index (χ2v) is 21.6. The summed E-state index contributed by atoms with van der Waals surface area (Å²) in [5, 5.41) is 68.9. The lowest BCUT2D eigenvalue weighted by atomic mass is 9.94. The molecule has 18 rings (SSSR count). The van der Waals surface area contributed by atoms with Crippen LogP contribution in [0.25, 0.3) is 64.6 Å². The molecule has 12 aromatic rings. The Balaban J connectivity index is 0.0000000958. The fourth-order valence-electron chi connectivity index (χ4n) is 12.5. The first-order valence-electron chi connectivity index (χ1n) is 28.4. The number of nitrogens with one attached hydrogen (secondary N) is 6. The fraction of sp³-hybridized carbons (Fsp3) is 0.111. The minimum Gasteiger partial charge on any atom is -0.374 e. The molecular formula is C72H58N6O8. The Morgan fingerprint density at radius 1 is 0.291 bits per heavy atom. The Kier molecular flexibility index (Phi) is 15.1. The van der Waals surface area contributed by atoms with Crippen molar-refractivity contribution in [2.75, 3.05) is 0 Å². The van der Waals surface area contributed by atoms with Gasteiger partial charge in [-0.2, -0.15) is 0 Å². The van der Waals surface area contributed by atoms with Gasteiger partial charge in [0.05, 0.1) is 0 Å². The second kappa shape index (κ2) is 23.6. The van der Waals surface area contributed by atoms with E-state index in [9.17, 15) is 39.6 Å². The highest BCUT2D eigenvalue weighted by Crippen LogP contribution is 2.36. The van der Waals surface area contributed by atoms with Crippen molar-refractivity contribution in [2.24, 2.45) is 0 Å². The summed E-state index contributed by atoms with van der Waals surface area (Å²) in [6.07, 6.45) is -3.00. The van der Waals surface area contributed by atoms with Gasteiger partial charge < -0.3 is 36.4 Å². The van der Waals surface area contributed by atoms with Crippen molar-refractivity contribution in [3.05, 3.63) is 285 Å². The topological polar surface area (TPSA) is 221 Å². The van der Waals surface area contributed by atoms with E-state index in [4.69, 9.17) is 0 Å². The van der Waals surface area contributed by atoms with E-state index in [0.717, 1.165) is 90.5 Å². The van der Waals surface area contributed by atoms with Gasteiger partial charge in [0, 0.05) is 81.5 Å². The first kappa shape index (κ1) is 55.2. The highest BCUT2D eigenvalue weighted by atomic mass is 16.3. The van der Waals surface area contributed by atoms with Crippen molar-refractivity contribution in [1.82, 2.24) is 31.9 Å². The molecule has 14 nitrogen and oxygen atoms in total. The summed E-state index contributed by atoms with van der Waals surface area (Å²) in [5.41, 5.74) is 11.3. The molecule has 0 bridgehead atoms. The van der Waals surface area contributed by atoms with Crippen LogP contribution in [0, 0.1) is 0 Å². The molecule has 6 aliphatic rings. The monoisotopic (exact) mass is 1130 g/mol. The van der Waals surface area contributed by atoms with Gasteiger partial charge in [0.1, 0.15) is 18.7 Å². The number of hydrogen-bond acceptors (Lipinski definition) is 11. The van der Waals surface area contributed by atoms with Crippen molar-refractivity contribution in [3.8, 4) is 0 Å². The molecule has 0 fully saturated rings. The van der Waals surface area contributed by atoms with Crippen molar-refractivity contribution in [2.45, 2.75) is 51.1 Å². The molecule has 424 valence electrons. The third-order valence-electron chi connectivity index (χ3n) is 16.4. The van der Waals surface area contributed by atoms with Crippen LogP contribution in [-0.4, -0.2) is 44.1 Å². The highest BCUT2D eigenvalue weighted by Gasteiger charge is 2.27. The van der Waals surface area contributed by atoms with Crippen LogP contribution >= 0.6 is 0 Å². The van der Waals surface area contributed by atoms with E-state index >= 15 is 0 Å². The maximum Gasteiger partial charge on any atom is 0.258 e. The highest BCUT2D eigenvalue weighted by molar-refractivity contribution is 6.25. The summed E-state index contributed by atoms with van der Waals surface area (Å²) in [6, 6.07) is 70.9. The van der Waals surface area contributed by atoms with Crippen molar-refractivity contribution >= 4 is 88.3 Å². The van der Waals surface area contributed by atoms with Gasteiger partial charge in [-0.05, 0) is 100 Å². The zero-order chi connectivity index (χ0) is 59.0. The predicted octanol–water partition coefficient (Wildman–Crippen LogP) is 11.2. The molecule has 4 unspecified atom stereocenters. The lowest BCUT2D eigenvalue weighted by molar-refractivity contribution is 0.0371. The molecule has 86 heavy (non-hydrogen) atoms. The van der Waals surface area contributed by atoms with Crippen LogP contribution in [0.3, 0.4) is 0 Å². The minimum atomic E-state index is -0.893. The number of imide groups is 1. The maximum atomic E-state index is 11.6. The SMILES string of the molecule is O=C1NC(=O)c2cccc3cccc1c23.O=C1NC(O)c2cccc3cccc1c23.O=C1NCc2cccc3cccc1c23.OC1NC(O)c2cccc3cccc1c23.OC1NCc2cccc3cccc1c23.c1cc2c3c(cccc3c1)CNC2. The molecule has 14 heteroatoms. The van der Waals surface area contributed by atoms with Gasteiger partial charge in [0.25, 0.3) is 23.6 Å². The lowest BCUT2D eigenvalue weighted by Crippen LogP contribution is -2.34. The van der Waals surface area contributed by atoms with E-state index in [1.807, 2.05) is 133 Å². The maximum absolute atomic E-state index is 11.6. The standard InChI is InChI=1S/C12H11NO2.C12H9NO2.C12H7NO2.C12H11NO.C12H9NO.C12H11N/c3*14-11-8-5-1-3-7-4-2-6-9(10(7)8)12(15)13-11;2*14-12-10-6-2-4-8-3-1-5-9(7-13-12)11(8)10;1-3-9-4-2-6-11-8-13-7-10(5-1)12(9)11/h1-6,11-15H;1-6,11,14H,(H,13,15);1-6H,(H,13,14,15);1-6,12-14H,7H2;1-6H,7H2,(H,13,14);1-6,13H,7-8H2. The molecule has 0 saturated heterocycles. The average Bonchev–Trinajstić information content (AvgIpc) is 1.83. The van der Waals surface area contributed by atoms with E-state index in [-0.39, 0.29) is 23.6 Å². The summed E-state index contributed by atoms with van der Waals surface area (Å²) in [4.78, 5) is 46.3. The smallest absolute Gasteiger partial charge is 0.258 e. The Morgan fingerprint density at radius 3 is 1.14 bits per heavy atom. The third-order valence-corrected chi connectivity index (χ3v) is 16.4. The zero-order valence-electron chi connectivity index (χ0n) is 46.3. The molecule has 0 saturated carbocycles. The predicted molar refractivity (Wildman–Crippen MR) is 334 cm³/mol. The molecule has 6 heterocycles. The van der Waals surface area contributed by atoms with Crippen molar-refractivity contribution in [1.29, 1.82) is 0 Å². The van der Waals surface area contributed by atoms with Crippen molar-refractivity contribution in [3.63, 3.8) is 0 Å². The summed E-state index contributed by atoms with van der Waals surface area (Å²) in [7, 11) is 0. The number of benzene rings is 12. The Bertz CT molecular complexity index is 4550. The largest absolute Gasteiger partial charge is 0.374 e. The van der Waals surface area contributed by atoms with Crippen molar-refractivity contribution < 1.29 is 39.6 Å². The normalized spacial score (nSPS) is 17.8. The molecule has 10 N–H and O–H groups in total. The number of aliphatic hydroxyl groups is 4. The summed E-state index contributed by atoms with van der Waals surface area (Å²) in [5.74, 6) is -0.810. The number of rotatable bonds is 0. The molecule has 4 atom stereocenters. The summed E-state index contributed by atoms with van der Waals surface area (Å²) < 4.78 is 0.